The molecule has 0 aliphatic heterocycles. The summed E-state index contributed by atoms with van der Waals surface area (Å²) in [5.74, 6) is 0.208. The van der Waals surface area contributed by atoms with E-state index in [0.29, 0.717) is 22.7 Å². The lowest BCUT2D eigenvalue weighted by Crippen LogP contribution is -2.04. The number of carbonyl (C=O) groups excluding carboxylic acids is 1. The molecule has 0 atom stereocenters. The fourth-order valence-electron chi connectivity index (χ4n) is 1.37. The van der Waals surface area contributed by atoms with Gasteiger partial charge in [-0.3, -0.25) is 9.79 Å². The first-order chi connectivity index (χ1) is 7.99. The molecule has 0 spiro atoms. The average molecular weight is 234 g/mol. The van der Waals surface area contributed by atoms with Gasteiger partial charge >= 0.3 is 5.97 Å². The maximum Gasteiger partial charge on any atom is 0.308 e. The van der Waals surface area contributed by atoms with Gasteiger partial charge in [0.05, 0.1) is 12.8 Å². The number of esters is 1. The van der Waals surface area contributed by atoms with E-state index in [4.69, 9.17) is 14.9 Å². The lowest BCUT2D eigenvalue weighted by atomic mass is 10.1. The molecule has 0 aliphatic carbocycles. The van der Waals surface area contributed by atoms with Crippen LogP contribution in [-0.4, -0.2) is 25.5 Å². The number of aliphatic imine (C=N–C) groups is 1. The summed E-state index contributed by atoms with van der Waals surface area (Å²) in [5.41, 5.74) is 1.40. The second-order valence-corrected chi connectivity index (χ2v) is 3.40. The number of hydrogen-bond acceptors (Lipinski definition) is 5. The minimum Gasteiger partial charge on any atom is -0.493 e. The van der Waals surface area contributed by atoms with Crippen molar-refractivity contribution in [3.8, 4) is 11.5 Å². The van der Waals surface area contributed by atoms with Gasteiger partial charge in [0.15, 0.2) is 11.5 Å². The zero-order chi connectivity index (χ0) is 13.0. The highest BCUT2D eigenvalue weighted by Gasteiger charge is 2.13. The monoisotopic (exact) mass is 234 g/mol. The van der Waals surface area contributed by atoms with Crippen molar-refractivity contribution in [2.45, 2.75) is 13.8 Å². The van der Waals surface area contributed by atoms with Crippen molar-refractivity contribution in [1.82, 2.24) is 0 Å². The standard InChI is InChI=1S/C12H14N2O3/c1-7(13)9-5-11(16-4)12(17-8(2)15)6-10(9)14-3/h5-6,13H,3H2,1-2,4H3. The Morgan fingerprint density at radius 2 is 2.00 bits per heavy atom. The predicted octanol–water partition coefficient (Wildman–Crippen LogP) is 2.34. The van der Waals surface area contributed by atoms with Gasteiger partial charge in [-0.2, -0.15) is 0 Å². The zero-order valence-electron chi connectivity index (χ0n) is 10.0. The topological polar surface area (TPSA) is 71.7 Å². The molecular weight excluding hydrogens is 220 g/mol. The molecule has 0 saturated carbocycles. The van der Waals surface area contributed by atoms with Crippen molar-refractivity contribution in [2.75, 3.05) is 7.11 Å². The summed E-state index contributed by atoms with van der Waals surface area (Å²) in [6.07, 6.45) is 0. The van der Waals surface area contributed by atoms with Gasteiger partial charge in [0.1, 0.15) is 0 Å². The highest BCUT2D eigenvalue weighted by molar-refractivity contribution is 6.01. The van der Waals surface area contributed by atoms with Crippen LogP contribution in [0.25, 0.3) is 0 Å². The first-order valence-electron chi connectivity index (χ1n) is 4.92. The van der Waals surface area contributed by atoms with Crippen LogP contribution in [-0.2, 0) is 4.79 Å². The van der Waals surface area contributed by atoms with Crippen molar-refractivity contribution >= 4 is 24.1 Å². The van der Waals surface area contributed by atoms with Gasteiger partial charge in [0.2, 0.25) is 0 Å². The molecule has 90 valence electrons. The van der Waals surface area contributed by atoms with Crippen molar-refractivity contribution in [3.63, 3.8) is 0 Å². The van der Waals surface area contributed by atoms with Crippen LogP contribution in [0, 0.1) is 5.41 Å². The number of rotatable bonds is 4. The summed E-state index contributed by atoms with van der Waals surface area (Å²) in [5, 5.41) is 7.61. The Labute approximate surface area is 99.6 Å². The average Bonchev–Trinajstić information content (AvgIpc) is 2.27. The SMILES string of the molecule is C=Nc1cc(OC(C)=O)c(OC)cc1C(C)=N. The quantitative estimate of drug-likeness (QED) is 0.493. The third-order valence-corrected chi connectivity index (χ3v) is 2.11. The van der Waals surface area contributed by atoms with Gasteiger partial charge < -0.3 is 14.9 Å². The Balaban J connectivity index is 3.37. The number of nitrogens with zero attached hydrogens (tertiary/aromatic N) is 1. The molecule has 0 unspecified atom stereocenters. The number of ether oxygens (including phenoxy) is 2. The molecular formula is C12H14N2O3. The first-order valence-corrected chi connectivity index (χ1v) is 4.92. The predicted molar refractivity (Wildman–Crippen MR) is 66.0 cm³/mol. The first kappa shape index (κ1) is 12.9. The van der Waals surface area contributed by atoms with E-state index in [9.17, 15) is 4.79 Å². The summed E-state index contributed by atoms with van der Waals surface area (Å²) >= 11 is 0. The molecule has 5 heteroatoms. The van der Waals surface area contributed by atoms with E-state index in [1.54, 1.807) is 13.0 Å². The third kappa shape index (κ3) is 2.90. The molecule has 1 aromatic rings. The second-order valence-electron chi connectivity index (χ2n) is 3.40. The number of hydrogen-bond donors (Lipinski definition) is 1. The van der Waals surface area contributed by atoms with Crippen LogP contribution in [0.2, 0.25) is 0 Å². The van der Waals surface area contributed by atoms with Crippen LogP contribution in [0.1, 0.15) is 19.4 Å². The van der Waals surface area contributed by atoms with Crippen LogP contribution >= 0.6 is 0 Å². The van der Waals surface area contributed by atoms with Crippen LogP contribution in [0.4, 0.5) is 5.69 Å². The minimum absolute atomic E-state index is 0.271. The van der Waals surface area contributed by atoms with E-state index in [-0.39, 0.29) is 5.75 Å². The van der Waals surface area contributed by atoms with E-state index in [0.717, 1.165) is 0 Å². The van der Waals surface area contributed by atoms with Crippen LogP contribution in [0.3, 0.4) is 0 Å². The minimum atomic E-state index is -0.447. The molecule has 17 heavy (non-hydrogen) atoms. The van der Waals surface area contributed by atoms with Gasteiger partial charge in [0, 0.05) is 24.3 Å². The summed E-state index contributed by atoms with van der Waals surface area (Å²) in [6, 6.07) is 3.13. The Bertz CT molecular complexity index is 481. The highest BCUT2D eigenvalue weighted by Crippen LogP contribution is 2.35. The lowest BCUT2D eigenvalue weighted by Gasteiger charge is -2.11. The van der Waals surface area contributed by atoms with Gasteiger partial charge in [-0.15, -0.1) is 0 Å². The van der Waals surface area contributed by atoms with Crippen LogP contribution in [0.15, 0.2) is 17.1 Å². The fourth-order valence-corrected chi connectivity index (χ4v) is 1.37. The Morgan fingerprint density at radius 1 is 1.35 bits per heavy atom. The molecule has 0 heterocycles. The van der Waals surface area contributed by atoms with Gasteiger partial charge in [0.25, 0.3) is 0 Å². The summed E-state index contributed by atoms with van der Waals surface area (Å²) in [4.78, 5) is 14.7. The van der Waals surface area contributed by atoms with Crippen LogP contribution < -0.4 is 9.47 Å². The normalized spacial score (nSPS) is 9.59. The molecule has 1 N–H and O–H groups in total. The van der Waals surface area contributed by atoms with E-state index >= 15 is 0 Å². The van der Waals surface area contributed by atoms with Crippen molar-refractivity contribution in [2.24, 2.45) is 4.99 Å². The summed E-state index contributed by atoms with van der Waals surface area (Å²) in [7, 11) is 1.46. The third-order valence-electron chi connectivity index (χ3n) is 2.11. The molecule has 5 nitrogen and oxygen atoms in total. The van der Waals surface area contributed by atoms with E-state index in [1.807, 2.05) is 0 Å². The number of benzene rings is 1. The highest BCUT2D eigenvalue weighted by atomic mass is 16.6. The summed E-state index contributed by atoms with van der Waals surface area (Å²) < 4.78 is 10.1. The molecule has 0 saturated heterocycles. The molecule has 0 amide bonds. The zero-order valence-corrected chi connectivity index (χ0v) is 10.0. The second kappa shape index (κ2) is 5.25. The largest absolute Gasteiger partial charge is 0.493 e. The van der Waals surface area contributed by atoms with Gasteiger partial charge in [-0.25, -0.2) is 0 Å². The van der Waals surface area contributed by atoms with Crippen molar-refractivity contribution < 1.29 is 14.3 Å². The molecule has 0 radical (unpaired) electrons. The molecule has 1 aromatic carbocycles. The molecule has 0 bridgehead atoms. The smallest absolute Gasteiger partial charge is 0.308 e. The molecule has 0 fully saturated rings. The van der Waals surface area contributed by atoms with Crippen molar-refractivity contribution in [1.29, 1.82) is 5.41 Å². The molecule has 0 aromatic heterocycles. The van der Waals surface area contributed by atoms with E-state index in [1.165, 1.54) is 20.1 Å². The Morgan fingerprint density at radius 3 is 2.41 bits per heavy atom. The van der Waals surface area contributed by atoms with Crippen LogP contribution in [0.5, 0.6) is 11.5 Å². The van der Waals surface area contributed by atoms with E-state index in [2.05, 4.69) is 11.7 Å². The number of methoxy groups -OCH3 is 1. The number of carbonyl (C=O) groups is 1. The Hall–Kier alpha value is -2.17. The van der Waals surface area contributed by atoms with Gasteiger partial charge in [-0.1, -0.05) is 0 Å². The maximum atomic E-state index is 10.9. The molecule has 0 aliphatic rings. The Kier molecular flexibility index (Phi) is 3.98. The van der Waals surface area contributed by atoms with Crippen molar-refractivity contribution in [3.05, 3.63) is 17.7 Å². The van der Waals surface area contributed by atoms with Gasteiger partial charge in [-0.05, 0) is 19.7 Å². The van der Waals surface area contributed by atoms with E-state index < -0.39 is 5.97 Å². The number of nitrogens with one attached hydrogen (secondary N) is 1. The maximum absolute atomic E-state index is 10.9. The lowest BCUT2D eigenvalue weighted by molar-refractivity contribution is -0.132. The summed E-state index contributed by atoms with van der Waals surface area (Å²) in [6.45, 7) is 6.36. The molecule has 1 rings (SSSR count). The fraction of sp³-hybridized carbons (Fsp3) is 0.250.